The molecule has 1 fully saturated rings. The van der Waals surface area contributed by atoms with Gasteiger partial charge in [-0.3, -0.25) is 4.79 Å². The molecule has 1 amide bonds. The lowest BCUT2D eigenvalue weighted by molar-refractivity contribution is -0.137. The van der Waals surface area contributed by atoms with Crippen molar-refractivity contribution >= 4 is 23.2 Å². The molecule has 1 aliphatic rings. The summed E-state index contributed by atoms with van der Waals surface area (Å²) in [6.07, 6.45) is -2.89. The van der Waals surface area contributed by atoms with Gasteiger partial charge < -0.3 is 10.2 Å². The lowest BCUT2D eigenvalue weighted by Crippen LogP contribution is -2.38. The van der Waals surface area contributed by atoms with E-state index in [1.54, 1.807) is 0 Å². The molecule has 2 rings (SSSR count). The molecule has 1 heterocycles. The summed E-state index contributed by atoms with van der Waals surface area (Å²) in [6.45, 7) is 1.55. The number of benzene rings is 1. The summed E-state index contributed by atoms with van der Waals surface area (Å²) in [6, 6.07) is 3.39. The van der Waals surface area contributed by atoms with Crippen molar-refractivity contribution in [3.05, 3.63) is 28.8 Å². The molecule has 7 heteroatoms. The van der Waals surface area contributed by atoms with Crippen LogP contribution in [-0.4, -0.2) is 30.9 Å². The Morgan fingerprint density at radius 1 is 1.43 bits per heavy atom. The molecule has 1 N–H and O–H groups in total. The molecular weight excluding hydrogens is 305 g/mol. The second-order valence-electron chi connectivity index (χ2n) is 5.28. The van der Waals surface area contributed by atoms with E-state index < -0.39 is 11.7 Å². The first-order valence-electron chi connectivity index (χ1n) is 6.63. The van der Waals surface area contributed by atoms with Gasteiger partial charge in [-0.15, -0.1) is 0 Å². The van der Waals surface area contributed by atoms with Crippen molar-refractivity contribution in [3.8, 4) is 0 Å². The van der Waals surface area contributed by atoms with Crippen molar-refractivity contribution in [2.75, 3.05) is 25.5 Å². The number of piperidine rings is 1. The summed E-state index contributed by atoms with van der Waals surface area (Å²) in [5.74, 6) is -0.453. The van der Waals surface area contributed by atoms with Gasteiger partial charge in [-0.2, -0.15) is 13.2 Å². The molecule has 21 heavy (non-hydrogen) atoms. The van der Waals surface area contributed by atoms with Gasteiger partial charge in [-0.1, -0.05) is 11.6 Å². The highest BCUT2D eigenvalue weighted by Gasteiger charge is 2.33. The first-order chi connectivity index (χ1) is 9.77. The molecule has 1 aliphatic heterocycles. The molecule has 0 unspecified atom stereocenters. The molecule has 0 saturated carbocycles. The molecule has 116 valence electrons. The molecule has 1 saturated heterocycles. The fraction of sp³-hybridized carbons (Fsp3) is 0.500. The Kier molecular flexibility index (Phi) is 4.78. The second kappa shape index (κ2) is 6.23. The van der Waals surface area contributed by atoms with Crippen molar-refractivity contribution < 1.29 is 18.0 Å². The van der Waals surface area contributed by atoms with E-state index in [4.69, 9.17) is 11.6 Å². The van der Waals surface area contributed by atoms with Crippen molar-refractivity contribution in [2.24, 2.45) is 5.92 Å². The zero-order chi connectivity index (χ0) is 15.6. The zero-order valence-electron chi connectivity index (χ0n) is 11.5. The van der Waals surface area contributed by atoms with Gasteiger partial charge in [-0.25, -0.2) is 0 Å². The first kappa shape index (κ1) is 16.1. The Bertz CT molecular complexity index is 533. The van der Waals surface area contributed by atoms with Gasteiger partial charge in [0.1, 0.15) is 0 Å². The van der Waals surface area contributed by atoms with Gasteiger partial charge in [0.05, 0.1) is 16.5 Å². The number of likely N-dealkylation sites (tertiary alicyclic amines) is 1. The highest BCUT2D eigenvalue weighted by Crippen LogP contribution is 2.36. The second-order valence-corrected chi connectivity index (χ2v) is 5.69. The smallest absolute Gasteiger partial charge is 0.326 e. The zero-order valence-corrected chi connectivity index (χ0v) is 12.3. The van der Waals surface area contributed by atoms with Gasteiger partial charge in [-0.05, 0) is 44.6 Å². The van der Waals surface area contributed by atoms with Crippen LogP contribution in [0.5, 0.6) is 0 Å². The van der Waals surface area contributed by atoms with Crippen LogP contribution in [0.3, 0.4) is 0 Å². The summed E-state index contributed by atoms with van der Waals surface area (Å²) in [7, 11) is 1.92. The monoisotopic (exact) mass is 320 g/mol. The Labute approximate surface area is 126 Å². The van der Waals surface area contributed by atoms with Crippen LogP contribution in [0.4, 0.5) is 18.9 Å². The number of hydrogen-bond acceptors (Lipinski definition) is 2. The molecule has 0 spiro atoms. The highest BCUT2D eigenvalue weighted by molar-refractivity contribution is 6.31. The van der Waals surface area contributed by atoms with Crippen LogP contribution in [0.2, 0.25) is 5.02 Å². The van der Waals surface area contributed by atoms with E-state index in [1.165, 1.54) is 6.07 Å². The van der Waals surface area contributed by atoms with Crippen LogP contribution in [0.1, 0.15) is 18.4 Å². The Hall–Kier alpha value is -1.27. The number of anilines is 1. The number of halogens is 4. The van der Waals surface area contributed by atoms with E-state index in [2.05, 4.69) is 5.32 Å². The summed E-state index contributed by atoms with van der Waals surface area (Å²) in [4.78, 5) is 14.1. The van der Waals surface area contributed by atoms with E-state index in [0.717, 1.165) is 31.5 Å². The minimum absolute atomic E-state index is 0.116. The molecule has 3 nitrogen and oxygen atoms in total. The molecule has 1 atom stereocenters. The van der Waals surface area contributed by atoms with Gasteiger partial charge in [0, 0.05) is 12.2 Å². The minimum Gasteiger partial charge on any atom is -0.326 e. The molecule has 1 aromatic rings. The standard InChI is InChI=1S/C14H16ClF3N2O/c1-20-6-2-3-9(8-20)13(21)19-10-4-5-12(15)11(7-10)14(16,17)18/h4-5,7,9H,2-3,6,8H2,1H3,(H,19,21)/t9-/m1/s1. The van der Waals surface area contributed by atoms with Crippen LogP contribution in [0.25, 0.3) is 0 Å². The van der Waals surface area contributed by atoms with Gasteiger partial charge in [0.2, 0.25) is 5.91 Å². The largest absolute Gasteiger partial charge is 0.417 e. The van der Waals surface area contributed by atoms with E-state index in [0.29, 0.717) is 6.54 Å². The molecule has 1 aromatic carbocycles. The predicted molar refractivity (Wildman–Crippen MR) is 75.3 cm³/mol. The third-order valence-corrected chi connectivity index (χ3v) is 3.86. The molecule has 0 aliphatic carbocycles. The summed E-state index contributed by atoms with van der Waals surface area (Å²) >= 11 is 5.55. The van der Waals surface area contributed by atoms with Crippen molar-refractivity contribution in [3.63, 3.8) is 0 Å². The van der Waals surface area contributed by atoms with E-state index >= 15 is 0 Å². The quantitative estimate of drug-likeness (QED) is 0.902. The van der Waals surface area contributed by atoms with Crippen LogP contribution >= 0.6 is 11.6 Å². The number of hydrogen-bond donors (Lipinski definition) is 1. The predicted octanol–water partition coefficient (Wildman–Crippen LogP) is 3.64. The molecule has 0 bridgehead atoms. The van der Waals surface area contributed by atoms with Crippen molar-refractivity contribution in [2.45, 2.75) is 19.0 Å². The SMILES string of the molecule is CN1CCC[C@@H](C(=O)Nc2ccc(Cl)c(C(F)(F)F)c2)C1. The summed E-state index contributed by atoms with van der Waals surface area (Å²) in [5.41, 5.74) is -0.826. The van der Waals surface area contributed by atoms with Crippen molar-refractivity contribution in [1.29, 1.82) is 0 Å². The van der Waals surface area contributed by atoms with Gasteiger partial charge in [0.25, 0.3) is 0 Å². The number of alkyl halides is 3. The average Bonchev–Trinajstić information content (AvgIpc) is 2.39. The maximum atomic E-state index is 12.8. The number of carbonyl (C=O) groups is 1. The van der Waals surface area contributed by atoms with Crippen molar-refractivity contribution in [1.82, 2.24) is 4.90 Å². The topological polar surface area (TPSA) is 32.3 Å². The van der Waals surface area contributed by atoms with E-state index in [-0.39, 0.29) is 22.5 Å². The fourth-order valence-electron chi connectivity index (χ4n) is 2.44. The lowest BCUT2D eigenvalue weighted by Gasteiger charge is -2.28. The lowest BCUT2D eigenvalue weighted by atomic mass is 9.97. The van der Waals surface area contributed by atoms with Crippen LogP contribution < -0.4 is 5.32 Å². The van der Waals surface area contributed by atoms with Crippen LogP contribution in [0.15, 0.2) is 18.2 Å². The molecule has 0 radical (unpaired) electrons. The van der Waals surface area contributed by atoms with Crippen LogP contribution in [0, 0.1) is 5.92 Å². The van der Waals surface area contributed by atoms with E-state index in [9.17, 15) is 18.0 Å². The van der Waals surface area contributed by atoms with Gasteiger partial charge in [0.15, 0.2) is 0 Å². The number of amides is 1. The number of carbonyl (C=O) groups excluding carboxylic acids is 1. The third-order valence-electron chi connectivity index (χ3n) is 3.53. The third kappa shape index (κ3) is 4.11. The normalized spacial score (nSPS) is 20.3. The Morgan fingerprint density at radius 2 is 2.14 bits per heavy atom. The maximum absolute atomic E-state index is 12.8. The number of nitrogens with zero attached hydrogens (tertiary/aromatic N) is 1. The number of rotatable bonds is 2. The van der Waals surface area contributed by atoms with E-state index in [1.807, 2.05) is 11.9 Å². The maximum Gasteiger partial charge on any atom is 0.417 e. The molecule has 0 aromatic heterocycles. The Morgan fingerprint density at radius 3 is 2.76 bits per heavy atom. The summed E-state index contributed by atoms with van der Waals surface area (Å²) in [5, 5.41) is 2.17. The first-order valence-corrected chi connectivity index (χ1v) is 7.01. The summed E-state index contributed by atoms with van der Waals surface area (Å²) < 4.78 is 38.3. The van der Waals surface area contributed by atoms with Crippen LogP contribution in [-0.2, 0) is 11.0 Å². The number of nitrogens with one attached hydrogen (secondary N) is 1. The average molecular weight is 321 g/mol. The molecular formula is C14H16ClF3N2O. The Balaban J connectivity index is 2.11. The minimum atomic E-state index is -4.54. The van der Waals surface area contributed by atoms with Gasteiger partial charge >= 0.3 is 6.18 Å². The highest BCUT2D eigenvalue weighted by atomic mass is 35.5. The fourth-order valence-corrected chi connectivity index (χ4v) is 2.67.